The molecular weight excluding hydrogens is 862 g/mol. The minimum Gasteiger partial charge on any atom is -0.508 e. The van der Waals surface area contributed by atoms with E-state index in [1.165, 1.54) is 47.3 Å². The number of hydrogen-bond donors (Lipinski definition) is 4. The fourth-order valence-electron chi connectivity index (χ4n) is 6.57. The number of fused-ring (bicyclic) bond motifs is 4. The molecule has 0 radical (unpaired) electrons. The van der Waals surface area contributed by atoms with E-state index in [0.29, 0.717) is 21.5 Å². The van der Waals surface area contributed by atoms with E-state index in [4.69, 9.17) is 38.0 Å². The largest absolute Gasteiger partial charge is 0.508 e. The molecular formula is C34H33F2N7O14P2S. The SMILES string of the molecule is Nc1ncnc2c1ncn2[C@@H]1O[C@@H]2CCO[P@@](=O)(SCc3ccc(OC(=O)c4ccc(O)cc4)cc3)OC3[C@@H](F)[C@H](n4ccc(=O)[nH]c4=O)O[C@@H]3COP(=O)(O)O[C@@H]1[C@@H]2F. The fourth-order valence-corrected chi connectivity index (χ4v) is 10.9. The first-order valence-electron chi connectivity index (χ1n) is 17.8. The fraction of sp³-hybridized carbons (Fsp3) is 0.353. The van der Waals surface area contributed by atoms with Crippen molar-refractivity contribution < 1.29 is 65.0 Å². The quantitative estimate of drug-likeness (QED) is 0.103. The van der Waals surface area contributed by atoms with Crippen LogP contribution in [0.5, 0.6) is 11.5 Å². The number of carbonyl (C=O) groups excluding carboxylic acids is 1. The van der Waals surface area contributed by atoms with E-state index < -0.39 is 94.3 Å². The van der Waals surface area contributed by atoms with Gasteiger partial charge in [0, 0.05) is 24.4 Å². The first kappa shape index (κ1) is 41.8. The van der Waals surface area contributed by atoms with Gasteiger partial charge in [-0.05, 0) is 53.3 Å². The molecule has 26 heteroatoms. The summed E-state index contributed by atoms with van der Waals surface area (Å²) in [6.07, 6.45) is -11.7. The Morgan fingerprint density at radius 1 is 0.933 bits per heavy atom. The van der Waals surface area contributed by atoms with Crippen LogP contribution in [-0.2, 0) is 42.5 Å². The molecule has 2 aromatic carbocycles. The molecule has 10 atom stereocenters. The zero-order chi connectivity index (χ0) is 42.3. The number of aromatic hydroxyl groups is 1. The number of nitrogens with one attached hydrogen (secondary N) is 1. The van der Waals surface area contributed by atoms with Crippen LogP contribution in [-0.4, -0.2) is 95.0 Å². The molecule has 6 heterocycles. The summed E-state index contributed by atoms with van der Waals surface area (Å²) in [4.78, 5) is 62.0. The summed E-state index contributed by atoms with van der Waals surface area (Å²) in [7, 11) is -5.28. The van der Waals surface area contributed by atoms with Crippen LogP contribution in [0.15, 0.2) is 83.0 Å². The molecule has 0 saturated carbocycles. The highest BCUT2D eigenvalue weighted by atomic mass is 32.7. The number of esters is 1. The van der Waals surface area contributed by atoms with Crippen molar-refractivity contribution in [3.8, 4) is 11.5 Å². The Morgan fingerprint density at radius 2 is 1.68 bits per heavy atom. The van der Waals surface area contributed by atoms with Gasteiger partial charge in [0.05, 0.1) is 31.2 Å². The van der Waals surface area contributed by atoms with Gasteiger partial charge in [0.25, 0.3) is 5.56 Å². The number of alkyl halides is 2. The number of nitrogens with two attached hydrogens (primary N) is 1. The van der Waals surface area contributed by atoms with Crippen molar-refractivity contribution in [2.45, 2.75) is 61.4 Å². The highest BCUT2D eigenvalue weighted by molar-refractivity contribution is 8.54. The number of rotatable bonds is 7. The van der Waals surface area contributed by atoms with Crippen molar-refractivity contribution in [1.29, 1.82) is 0 Å². The summed E-state index contributed by atoms with van der Waals surface area (Å²) in [5.74, 6) is -0.678. The first-order chi connectivity index (χ1) is 28.7. The summed E-state index contributed by atoms with van der Waals surface area (Å²) < 4.78 is 102. The maximum Gasteiger partial charge on any atom is 0.472 e. The molecule has 5 aromatic rings. The number of nitrogens with zero attached hydrogens (tertiary/aromatic N) is 5. The third-order valence-electron chi connectivity index (χ3n) is 9.50. The molecule has 8 rings (SSSR count). The van der Waals surface area contributed by atoms with Crippen molar-refractivity contribution in [2.75, 3.05) is 18.9 Å². The minimum atomic E-state index is -5.28. The maximum absolute atomic E-state index is 16.4. The topological polar surface area (TPSA) is 281 Å². The van der Waals surface area contributed by atoms with E-state index in [2.05, 4.69) is 15.0 Å². The van der Waals surface area contributed by atoms with Gasteiger partial charge < -0.3 is 34.5 Å². The third kappa shape index (κ3) is 8.79. The zero-order valence-electron chi connectivity index (χ0n) is 30.5. The number of phosphoric ester groups is 1. The molecule has 3 aliphatic rings. The van der Waals surface area contributed by atoms with Crippen LogP contribution >= 0.6 is 26.0 Å². The normalized spacial score (nSPS) is 31.1. The van der Waals surface area contributed by atoms with Gasteiger partial charge in [-0.2, -0.15) is 0 Å². The monoisotopic (exact) mass is 895 g/mol. The van der Waals surface area contributed by atoms with Gasteiger partial charge in [0.1, 0.15) is 41.7 Å². The Kier molecular flexibility index (Phi) is 11.8. The molecule has 0 aliphatic carbocycles. The third-order valence-corrected chi connectivity index (χ3v) is 14.2. The lowest BCUT2D eigenvalue weighted by Gasteiger charge is -2.27. The van der Waals surface area contributed by atoms with Crippen molar-refractivity contribution >= 4 is 49.0 Å². The van der Waals surface area contributed by atoms with Crippen molar-refractivity contribution in [3.05, 3.63) is 105 Å². The number of benzene rings is 2. The van der Waals surface area contributed by atoms with Gasteiger partial charge in [-0.25, -0.2) is 42.5 Å². The summed E-state index contributed by atoms with van der Waals surface area (Å²) in [5.41, 5.74) is 4.95. The predicted octanol–water partition coefficient (Wildman–Crippen LogP) is 3.70. The second-order valence-electron chi connectivity index (χ2n) is 13.4. The van der Waals surface area contributed by atoms with Crippen LogP contribution in [0.4, 0.5) is 14.6 Å². The van der Waals surface area contributed by atoms with Crippen LogP contribution < -0.4 is 21.7 Å². The standard InChI is InChI=1S/C34H33F2N7O14P2S/c35-24-21-10-12-51-59(50,60-14-17-1-7-20(8-2-17)53-33(46)18-3-5-19(44)6-4-18)57-27-22(55-31(25(27)36)42-11-9-23(45)41-34(42)47)13-52-58(48,49)56-28(24)32(54-21)43-16-40-26-29(37)38-15-39-30(26)43/h1-9,11,15-16,21-22,24-25,27-28,31-32,44H,10,12-14H2,(H,48,49)(H2,37,38,39)(H,41,45,47)/t21-,22-,24-,25-,27?,28-,31-,32-,59-/m1/s1. The highest BCUT2D eigenvalue weighted by Crippen LogP contribution is 2.64. The molecule has 318 valence electrons. The number of carbonyl (C=O) groups is 1. The van der Waals surface area contributed by atoms with Crippen molar-refractivity contribution in [2.24, 2.45) is 0 Å². The molecule has 3 aromatic heterocycles. The van der Waals surface area contributed by atoms with Gasteiger partial charge in [0.2, 0.25) is 0 Å². The highest BCUT2D eigenvalue weighted by Gasteiger charge is 2.54. The summed E-state index contributed by atoms with van der Waals surface area (Å²) in [6, 6.07) is 12.4. The molecule has 3 aliphatic heterocycles. The first-order valence-corrected chi connectivity index (χ1v) is 22.5. The molecule has 0 amide bonds. The zero-order valence-corrected chi connectivity index (χ0v) is 33.1. The summed E-state index contributed by atoms with van der Waals surface area (Å²) >= 11 is 0.604. The number of nitrogen functional groups attached to an aromatic ring is 1. The van der Waals surface area contributed by atoms with E-state index >= 15 is 8.78 Å². The molecule has 0 spiro atoms. The predicted molar refractivity (Wildman–Crippen MR) is 203 cm³/mol. The van der Waals surface area contributed by atoms with Gasteiger partial charge in [-0.15, -0.1) is 0 Å². The lowest BCUT2D eigenvalue weighted by molar-refractivity contribution is -0.0563. The number of ether oxygens (including phenoxy) is 3. The average Bonchev–Trinajstić information content (AvgIpc) is 3.87. The Morgan fingerprint density at radius 3 is 2.43 bits per heavy atom. The molecule has 60 heavy (non-hydrogen) atoms. The molecule has 21 nitrogen and oxygen atoms in total. The van der Waals surface area contributed by atoms with E-state index in [1.54, 1.807) is 12.1 Å². The van der Waals surface area contributed by atoms with Crippen LogP contribution in [0, 0.1) is 0 Å². The Hall–Kier alpha value is -4.87. The average molecular weight is 896 g/mol. The van der Waals surface area contributed by atoms with Crippen molar-refractivity contribution in [3.63, 3.8) is 0 Å². The van der Waals surface area contributed by atoms with Crippen LogP contribution in [0.1, 0.15) is 34.8 Å². The minimum absolute atomic E-state index is 0.0107. The van der Waals surface area contributed by atoms with E-state index in [-0.39, 0.29) is 46.2 Å². The van der Waals surface area contributed by atoms with Crippen LogP contribution in [0.2, 0.25) is 0 Å². The Balaban J connectivity index is 1.07. The lowest BCUT2D eigenvalue weighted by atomic mass is 10.1. The number of phenols is 1. The number of imidazole rings is 1. The Labute approximate surface area is 339 Å². The number of aromatic amines is 1. The van der Waals surface area contributed by atoms with Crippen LogP contribution in [0.3, 0.4) is 0 Å². The number of anilines is 1. The number of phosphoric acid groups is 1. The number of hydrogen-bond acceptors (Lipinski definition) is 18. The summed E-state index contributed by atoms with van der Waals surface area (Å²) in [6.45, 7) is -6.06. The number of phenolic OH excluding ortho intramolecular Hbond substituents is 1. The molecule has 2 bridgehead atoms. The van der Waals surface area contributed by atoms with Gasteiger partial charge in [-0.1, -0.05) is 12.1 Å². The number of H-pyrrole nitrogens is 1. The molecule has 5 N–H and O–H groups in total. The van der Waals surface area contributed by atoms with E-state index in [1.807, 2.05) is 4.98 Å². The van der Waals surface area contributed by atoms with Gasteiger partial charge in [0.15, 0.2) is 36.3 Å². The van der Waals surface area contributed by atoms with Gasteiger partial charge >= 0.3 is 26.3 Å². The second kappa shape index (κ2) is 16.9. The summed E-state index contributed by atoms with van der Waals surface area (Å²) in [5, 5.41) is 9.49. The molecule has 3 saturated heterocycles. The molecule has 3 fully saturated rings. The van der Waals surface area contributed by atoms with Gasteiger partial charge in [-0.3, -0.25) is 32.5 Å². The number of aromatic nitrogens is 6. The Bertz CT molecular complexity index is 2600. The van der Waals surface area contributed by atoms with Crippen molar-refractivity contribution in [1.82, 2.24) is 29.1 Å². The van der Waals surface area contributed by atoms with E-state index in [0.717, 1.165) is 18.6 Å². The van der Waals surface area contributed by atoms with E-state index in [9.17, 15) is 33.5 Å². The number of halogens is 2. The smallest absolute Gasteiger partial charge is 0.472 e. The maximum atomic E-state index is 16.4. The lowest BCUT2D eigenvalue weighted by Crippen LogP contribution is -2.36. The van der Waals surface area contributed by atoms with Crippen LogP contribution in [0.25, 0.3) is 11.2 Å². The molecule has 2 unspecified atom stereocenters. The second-order valence-corrected chi connectivity index (χ2v) is 18.9.